The van der Waals surface area contributed by atoms with Crippen LogP contribution in [0.3, 0.4) is 0 Å². The van der Waals surface area contributed by atoms with E-state index < -0.39 is 16.3 Å². The Morgan fingerprint density at radius 1 is 1.00 bits per heavy atom. The average Bonchev–Trinajstić information content (AvgIpc) is 3.27. The Labute approximate surface area is 210 Å². The van der Waals surface area contributed by atoms with Gasteiger partial charge in [-0.2, -0.15) is 0 Å². The summed E-state index contributed by atoms with van der Waals surface area (Å²) in [5.74, 6) is -0.0829. The number of carbonyl (C=O) groups is 2. The van der Waals surface area contributed by atoms with Crippen LogP contribution >= 0.6 is 23.5 Å². The molecule has 1 N–H and O–H groups in total. The van der Waals surface area contributed by atoms with Gasteiger partial charge in [0.25, 0.3) is 5.69 Å². The highest BCUT2D eigenvalue weighted by Gasteiger charge is 2.37. The number of thioether (sulfide) groups is 1. The van der Waals surface area contributed by atoms with Gasteiger partial charge < -0.3 is 10.2 Å². The van der Waals surface area contributed by atoms with Crippen molar-refractivity contribution >= 4 is 52.5 Å². The first-order valence-corrected chi connectivity index (χ1v) is 13.0. The fourth-order valence-electron chi connectivity index (χ4n) is 4.19. The largest absolute Gasteiger partial charge is 0.340 e. The number of urea groups is 1. The summed E-state index contributed by atoms with van der Waals surface area (Å²) in [6.45, 7) is 1.12. The number of amides is 3. The molecule has 178 valence electrons. The van der Waals surface area contributed by atoms with Crippen LogP contribution in [0.4, 0.5) is 21.9 Å². The van der Waals surface area contributed by atoms with E-state index in [2.05, 4.69) is 34.5 Å². The molecule has 3 aromatic rings. The van der Waals surface area contributed by atoms with Gasteiger partial charge in [-0.3, -0.25) is 14.9 Å². The fraction of sp³-hybridized carbons (Fsp3) is 0.200. The van der Waals surface area contributed by atoms with Crippen LogP contribution in [0, 0.1) is 10.1 Å². The van der Waals surface area contributed by atoms with Crippen molar-refractivity contribution in [3.63, 3.8) is 0 Å². The quantitative estimate of drug-likeness (QED) is 0.265. The summed E-state index contributed by atoms with van der Waals surface area (Å²) in [5, 5.41) is 13.3. The number of para-hydroxylation sites is 2. The standard InChI is InChI=1S/C25H22N4O4S2/c30-23-16-34-24(17-10-12-18(13-11-17)29(32)33)28(23)25(31)26-14-5-15-27-19-6-1-3-8-21(19)35-22-9-4-2-7-20(22)27/h1-4,6-13,24H,5,14-16H2,(H,26,31). The number of nitrogens with zero attached hydrogens (tertiary/aromatic N) is 3. The van der Waals surface area contributed by atoms with Crippen LogP contribution in [0.2, 0.25) is 0 Å². The third kappa shape index (κ3) is 4.71. The van der Waals surface area contributed by atoms with Crippen molar-refractivity contribution in [3.05, 3.63) is 88.5 Å². The predicted octanol–water partition coefficient (Wildman–Crippen LogP) is 5.57. The summed E-state index contributed by atoms with van der Waals surface area (Å²) >= 11 is 3.09. The van der Waals surface area contributed by atoms with E-state index in [1.165, 1.54) is 38.6 Å². The zero-order valence-electron chi connectivity index (χ0n) is 18.6. The molecule has 0 spiro atoms. The summed E-state index contributed by atoms with van der Waals surface area (Å²) in [7, 11) is 0. The van der Waals surface area contributed by atoms with Crippen LogP contribution in [-0.2, 0) is 4.79 Å². The summed E-state index contributed by atoms with van der Waals surface area (Å²) in [4.78, 5) is 41.7. The third-order valence-electron chi connectivity index (χ3n) is 5.84. The van der Waals surface area contributed by atoms with Gasteiger partial charge in [0.05, 0.1) is 22.1 Å². The molecular weight excluding hydrogens is 484 g/mol. The van der Waals surface area contributed by atoms with Crippen molar-refractivity contribution in [2.45, 2.75) is 21.6 Å². The lowest BCUT2D eigenvalue weighted by Crippen LogP contribution is -2.43. The molecule has 0 saturated carbocycles. The fourth-order valence-corrected chi connectivity index (χ4v) is 6.44. The van der Waals surface area contributed by atoms with Crippen molar-refractivity contribution in [3.8, 4) is 0 Å². The molecule has 5 rings (SSSR count). The van der Waals surface area contributed by atoms with E-state index in [1.807, 2.05) is 24.3 Å². The monoisotopic (exact) mass is 506 g/mol. The number of imide groups is 1. The Bertz CT molecular complexity index is 1240. The normalized spacial score (nSPS) is 16.6. The van der Waals surface area contributed by atoms with E-state index in [1.54, 1.807) is 23.9 Å². The van der Waals surface area contributed by atoms with Gasteiger partial charge in [0, 0.05) is 35.0 Å². The second kappa shape index (κ2) is 10.0. The van der Waals surface area contributed by atoms with Crippen molar-refractivity contribution in [2.75, 3.05) is 23.7 Å². The van der Waals surface area contributed by atoms with Gasteiger partial charge in [0.1, 0.15) is 5.37 Å². The van der Waals surface area contributed by atoms with Crippen LogP contribution in [0.1, 0.15) is 17.4 Å². The number of benzene rings is 3. The van der Waals surface area contributed by atoms with Gasteiger partial charge in [-0.15, -0.1) is 11.8 Å². The van der Waals surface area contributed by atoms with Crippen molar-refractivity contribution in [2.24, 2.45) is 0 Å². The lowest BCUT2D eigenvalue weighted by Gasteiger charge is -2.32. The van der Waals surface area contributed by atoms with Gasteiger partial charge >= 0.3 is 6.03 Å². The van der Waals surface area contributed by atoms with E-state index in [4.69, 9.17) is 0 Å². The zero-order valence-corrected chi connectivity index (χ0v) is 20.3. The number of fused-ring (bicyclic) bond motifs is 2. The smallest absolute Gasteiger partial charge is 0.325 e. The first-order valence-electron chi connectivity index (χ1n) is 11.1. The lowest BCUT2D eigenvalue weighted by molar-refractivity contribution is -0.384. The van der Waals surface area contributed by atoms with Gasteiger partial charge in [-0.1, -0.05) is 36.0 Å². The van der Waals surface area contributed by atoms with Crippen LogP contribution in [0.15, 0.2) is 82.6 Å². The highest BCUT2D eigenvalue weighted by molar-refractivity contribution is 8.00. The van der Waals surface area contributed by atoms with Crippen molar-refractivity contribution < 1.29 is 14.5 Å². The van der Waals surface area contributed by atoms with E-state index in [0.717, 1.165) is 11.4 Å². The minimum absolute atomic E-state index is 0.0293. The molecule has 1 saturated heterocycles. The molecule has 2 aliphatic heterocycles. The van der Waals surface area contributed by atoms with Crippen LogP contribution in [0.5, 0.6) is 0 Å². The molecule has 3 aromatic carbocycles. The number of nitro groups is 1. The SMILES string of the molecule is O=C1CSC(c2ccc([N+](=O)[O-])cc2)N1C(=O)NCCCN1c2ccccc2Sc2ccccc21. The van der Waals surface area contributed by atoms with Crippen molar-refractivity contribution in [1.82, 2.24) is 10.2 Å². The molecule has 2 aliphatic rings. The second-order valence-corrected chi connectivity index (χ2v) is 10.2. The van der Waals surface area contributed by atoms with Gasteiger partial charge in [0.2, 0.25) is 5.91 Å². The number of anilines is 2. The van der Waals surface area contributed by atoms with E-state index in [0.29, 0.717) is 25.1 Å². The molecule has 10 heteroatoms. The minimum atomic E-state index is -0.499. The number of non-ortho nitro benzene ring substituents is 1. The topological polar surface area (TPSA) is 95.8 Å². The molecule has 35 heavy (non-hydrogen) atoms. The summed E-state index contributed by atoms with van der Waals surface area (Å²) in [6, 6.07) is 22.1. The Balaban J connectivity index is 1.22. The summed E-state index contributed by atoms with van der Waals surface area (Å²) in [5.41, 5.74) is 2.94. The first kappa shape index (κ1) is 23.3. The Hall–Kier alpha value is -3.50. The van der Waals surface area contributed by atoms with E-state index >= 15 is 0 Å². The molecule has 0 aliphatic carbocycles. The number of rotatable bonds is 6. The molecule has 3 amide bonds. The molecule has 0 bridgehead atoms. The second-order valence-electron chi connectivity index (χ2n) is 8.05. The number of nitro benzene ring substituents is 1. The molecule has 1 fully saturated rings. The number of hydrogen-bond donors (Lipinski definition) is 1. The highest BCUT2D eigenvalue weighted by Crippen LogP contribution is 2.47. The molecule has 8 nitrogen and oxygen atoms in total. The summed E-state index contributed by atoms with van der Waals surface area (Å²) in [6.07, 6.45) is 0.691. The molecule has 1 atom stereocenters. The van der Waals surface area contributed by atoms with Crippen LogP contribution in [-0.4, -0.2) is 40.6 Å². The Morgan fingerprint density at radius 2 is 1.63 bits per heavy atom. The minimum Gasteiger partial charge on any atom is -0.340 e. The molecular formula is C25H22N4O4S2. The maximum absolute atomic E-state index is 12.9. The third-order valence-corrected chi connectivity index (χ3v) is 8.19. The average molecular weight is 507 g/mol. The maximum Gasteiger partial charge on any atom is 0.325 e. The van der Waals surface area contributed by atoms with Gasteiger partial charge in [-0.05, 0) is 48.4 Å². The molecule has 2 heterocycles. The van der Waals surface area contributed by atoms with Gasteiger partial charge in [-0.25, -0.2) is 9.69 Å². The van der Waals surface area contributed by atoms with Gasteiger partial charge in [0.15, 0.2) is 0 Å². The number of nitrogens with one attached hydrogen (secondary N) is 1. The maximum atomic E-state index is 12.9. The Kier molecular flexibility index (Phi) is 6.65. The molecule has 1 unspecified atom stereocenters. The number of hydrogen-bond acceptors (Lipinski definition) is 7. The van der Waals surface area contributed by atoms with Crippen LogP contribution < -0.4 is 10.2 Å². The van der Waals surface area contributed by atoms with Crippen molar-refractivity contribution in [1.29, 1.82) is 0 Å². The predicted molar refractivity (Wildman–Crippen MR) is 137 cm³/mol. The molecule has 0 radical (unpaired) electrons. The first-order chi connectivity index (χ1) is 17.0. The van der Waals surface area contributed by atoms with E-state index in [9.17, 15) is 19.7 Å². The van der Waals surface area contributed by atoms with Crippen LogP contribution in [0.25, 0.3) is 0 Å². The molecule has 0 aromatic heterocycles. The highest BCUT2D eigenvalue weighted by atomic mass is 32.2. The number of carbonyl (C=O) groups excluding carboxylic acids is 2. The summed E-state index contributed by atoms with van der Waals surface area (Å²) < 4.78 is 0. The lowest BCUT2D eigenvalue weighted by atomic mass is 10.2. The Morgan fingerprint density at radius 3 is 2.26 bits per heavy atom. The van der Waals surface area contributed by atoms with E-state index in [-0.39, 0.29) is 17.3 Å². The zero-order chi connectivity index (χ0) is 24.4.